The van der Waals surface area contributed by atoms with Gasteiger partial charge in [0.15, 0.2) is 0 Å². The molecule has 0 radical (unpaired) electrons. The minimum atomic E-state index is -1.13. The molecule has 0 aliphatic heterocycles. The maximum atomic E-state index is 12.5. The summed E-state index contributed by atoms with van der Waals surface area (Å²) in [7, 11) is 0. The van der Waals surface area contributed by atoms with Crippen LogP contribution in [0.25, 0.3) is 0 Å². The van der Waals surface area contributed by atoms with E-state index in [0.717, 1.165) is 0 Å². The van der Waals surface area contributed by atoms with E-state index >= 15 is 0 Å². The fraction of sp³-hybridized carbons (Fsp3) is 0.450. The van der Waals surface area contributed by atoms with Gasteiger partial charge in [0.05, 0.1) is 6.04 Å². The number of ether oxygens (including phenoxy) is 3. The van der Waals surface area contributed by atoms with Crippen molar-refractivity contribution in [2.24, 2.45) is 0 Å². The monoisotopic (exact) mass is 375 g/mol. The predicted molar refractivity (Wildman–Crippen MR) is 97.7 cm³/mol. The highest BCUT2D eigenvalue weighted by molar-refractivity contribution is 5.80. The Labute approximate surface area is 158 Å². The van der Waals surface area contributed by atoms with Gasteiger partial charge in [0.2, 0.25) is 6.10 Å². The van der Waals surface area contributed by atoms with Gasteiger partial charge in [-0.3, -0.25) is 4.79 Å². The Morgan fingerprint density at radius 2 is 1.78 bits per heavy atom. The number of carbonyl (C=O) groups excluding carboxylic acids is 3. The number of carbonyl (C=O) groups is 3. The van der Waals surface area contributed by atoms with Gasteiger partial charge in [0, 0.05) is 18.9 Å². The van der Waals surface area contributed by atoms with Crippen LogP contribution in [-0.2, 0) is 23.8 Å². The van der Waals surface area contributed by atoms with Crippen LogP contribution >= 0.6 is 0 Å². The topological polar surface area (TPSA) is 90.9 Å². The van der Waals surface area contributed by atoms with Gasteiger partial charge in [-0.05, 0) is 26.8 Å². The van der Waals surface area contributed by atoms with Crippen LogP contribution in [0.1, 0.15) is 45.8 Å². The zero-order valence-electron chi connectivity index (χ0n) is 15.9. The number of nitrogens with one attached hydrogen (secondary N) is 1. The maximum Gasteiger partial charge on any atom is 0.408 e. The van der Waals surface area contributed by atoms with Crippen molar-refractivity contribution in [3.63, 3.8) is 0 Å². The standard InChI is InChI=1S/C20H25NO6/c1-13(22)25-17(14-8-6-5-7-9-14)18(23)26-16-11-10-15(12-16)21-19(24)27-20(2,3)4/h5-11,15-17H,12H2,1-4H3,(H,21,24)/t15-,16+,17-/m0/s1. The fourth-order valence-electron chi connectivity index (χ4n) is 2.58. The molecule has 1 N–H and O–H groups in total. The fourth-order valence-corrected chi connectivity index (χ4v) is 2.58. The summed E-state index contributed by atoms with van der Waals surface area (Å²) in [5.74, 6) is -1.24. The Bertz CT molecular complexity index is 707. The second-order valence-corrected chi connectivity index (χ2v) is 7.25. The number of amides is 1. The Hall–Kier alpha value is -2.83. The first-order valence-corrected chi connectivity index (χ1v) is 8.74. The van der Waals surface area contributed by atoms with Crippen LogP contribution in [-0.4, -0.2) is 35.8 Å². The molecule has 0 unspecified atom stereocenters. The van der Waals surface area contributed by atoms with E-state index in [2.05, 4.69) is 5.32 Å². The number of alkyl carbamates (subject to hydrolysis) is 1. The van der Waals surface area contributed by atoms with Crippen molar-refractivity contribution < 1.29 is 28.6 Å². The minimum Gasteiger partial charge on any atom is -0.455 e. The van der Waals surface area contributed by atoms with Crippen LogP contribution in [0.2, 0.25) is 0 Å². The molecule has 1 aromatic carbocycles. The van der Waals surface area contributed by atoms with E-state index in [4.69, 9.17) is 14.2 Å². The lowest BCUT2D eigenvalue weighted by Gasteiger charge is -2.22. The molecule has 1 aromatic rings. The highest BCUT2D eigenvalue weighted by Crippen LogP contribution is 2.23. The van der Waals surface area contributed by atoms with Crippen molar-refractivity contribution in [1.82, 2.24) is 5.32 Å². The molecule has 3 atom stereocenters. The summed E-state index contributed by atoms with van der Waals surface area (Å²) in [5.41, 5.74) is -0.0614. The summed E-state index contributed by atoms with van der Waals surface area (Å²) in [6, 6.07) is 8.36. The van der Waals surface area contributed by atoms with E-state index in [1.807, 2.05) is 0 Å². The van der Waals surface area contributed by atoms with E-state index < -0.39 is 35.8 Å². The molecule has 1 aliphatic carbocycles. The average molecular weight is 375 g/mol. The molecule has 0 heterocycles. The molecule has 0 bridgehead atoms. The molecule has 146 valence electrons. The highest BCUT2D eigenvalue weighted by atomic mass is 16.6. The van der Waals surface area contributed by atoms with Crippen molar-refractivity contribution in [3.8, 4) is 0 Å². The Kier molecular flexibility index (Phi) is 6.60. The van der Waals surface area contributed by atoms with Gasteiger partial charge in [-0.15, -0.1) is 0 Å². The summed E-state index contributed by atoms with van der Waals surface area (Å²) < 4.78 is 15.8. The molecule has 0 saturated carbocycles. The maximum absolute atomic E-state index is 12.5. The molecule has 2 rings (SSSR count). The van der Waals surface area contributed by atoms with Gasteiger partial charge < -0.3 is 19.5 Å². The highest BCUT2D eigenvalue weighted by Gasteiger charge is 2.30. The molecule has 1 amide bonds. The molecule has 0 saturated heterocycles. The minimum absolute atomic E-state index is 0.304. The number of esters is 2. The van der Waals surface area contributed by atoms with Gasteiger partial charge >= 0.3 is 18.0 Å². The quantitative estimate of drug-likeness (QED) is 0.483. The first-order chi connectivity index (χ1) is 12.6. The zero-order valence-corrected chi connectivity index (χ0v) is 15.9. The molecular formula is C20H25NO6. The predicted octanol–water partition coefficient (Wildman–Crippen LogP) is 3.06. The van der Waals surface area contributed by atoms with Crippen LogP contribution in [0.3, 0.4) is 0 Å². The van der Waals surface area contributed by atoms with Crippen molar-refractivity contribution in [2.45, 2.75) is 58.0 Å². The molecule has 0 spiro atoms. The van der Waals surface area contributed by atoms with Gasteiger partial charge in [0.25, 0.3) is 0 Å². The third-order valence-electron chi connectivity index (χ3n) is 3.61. The van der Waals surface area contributed by atoms with Crippen LogP contribution < -0.4 is 5.32 Å². The third kappa shape index (κ3) is 6.77. The molecule has 27 heavy (non-hydrogen) atoms. The molecule has 1 aliphatic rings. The van der Waals surface area contributed by atoms with Crippen LogP contribution in [0.15, 0.2) is 42.5 Å². The average Bonchev–Trinajstić information content (AvgIpc) is 2.98. The van der Waals surface area contributed by atoms with Crippen molar-refractivity contribution in [2.75, 3.05) is 0 Å². The zero-order chi connectivity index (χ0) is 20.0. The Morgan fingerprint density at radius 1 is 1.11 bits per heavy atom. The lowest BCUT2D eigenvalue weighted by molar-refractivity contribution is -0.169. The normalized spacial score (nSPS) is 19.9. The van der Waals surface area contributed by atoms with E-state index in [0.29, 0.717) is 12.0 Å². The van der Waals surface area contributed by atoms with E-state index in [9.17, 15) is 14.4 Å². The molecule has 0 aromatic heterocycles. The van der Waals surface area contributed by atoms with E-state index in [-0.39, 0.29) is 6.04 Å². The summed E-state index contributed by atoms with van der Waals surface area (Å²) in [4.78, 5) is 35.7. The summed E-state index contributed by atoms with van der Waals surface area (Å²) in [6.07, 6.45) is 1.62. The number of benzene rings is 1. The van der Waals surface area contributed by atoms with Crippen molar-refractivity contribution in [3.05, 3.63) is 48.0 Å². The second-order valence-electron chi connectivity index (χ2n) is 7.25. The summed E-state index contributed by atoms with van der Waals surface area (Å²) in [5, 5.41) is 2.71. The first kappa shape index (κ1) is 20.5. The third-order valence-corrected chi connectivity index (χ3v) is 3.61. The summed E-state index contributed by atoms with van der Waals surface area (Å²) >= 11 is 0. The number of hydrogen-bond acceptors (Lipinski definition) is 6. The largest absolute Gasteiger partial charge is 0.455 e. The molecule has 7 heteroatoms. The molecule has 7 nitrogen and oxygen atoms in total. The number of rotatable bonds is 5. The second kappa shape index (κ2) is 8.70. The van der Waals surface area contributed by atoms with Gasteiger partial charge in [-0.1, -0.05) is 36.4 Å². The van der Waals surface area contributed by atoms with Crippen LogP contribution in [0.5, 0.6) is 0 Å². The first-order valence-electron chi connectivity index (χ1n) is 8.74. The van der Waals surface area contributed by atoms with Gasteiger partial charge in [-0.25, -0.2) is 9.59 Å². The van der Waals surface area contributed by atoms with Gasteiger partial charge in [0.1, 0.15) is 11.7 Å². The lowest BCUT2D eigenvalue weighted by atomic mass is 10.1. The Balaban J connectivity index is 1.92. The van der Waals surface area contributed by atoms with Crippen LogP contribution in [0, 0.1) is 0 Å². The van der Waals surface area contributed by atoms with Crippen molar-refractivity contribution >= 4 is 18.0 Å². The van der Waals surface area contributed by atoms with E-state index in [1.54, 1.807) is 63.3 Å². The SMILES string of the molecule is CC(=O)O[C@H](C(=O)O[C@@H]1C=C[C@H](NC(=O)OC(C)(C)C)C1)c1ccccc1. The smallest absolute Gasteiger partial charge is 0.408 e. The van der Waals surface area contributed by atoms with Gasteiger partial charge in [-0.2, -0.15) is 0 Å². The van der Waals surface area contributed by atoms with Crippen LogP contribution in [0.4, 0.5) is 4.79 Å². The molecule has 0 fully saturated rings. The van der Waals surface area contributed by atoms with Crippen molar-refractivity contribution in [1.29, 1.82) is 0 Å². The summed E-state index contributed by atoms with van der Waals surface area (Å²) in [6.45, 7) is 6.57. The lowest BCUT2D eigenvalue weighted by Crippen LogP contribution is -2.38. The van der Waals surface area contributed by atoms with E-state index in [1.165, 1.54) is 6.92 Å². The molecular weight excluding hydrogens is 350 g/mol. The number of hydrogen-bond donors (Lipinski definition) is 1. The Morgan fingerprint density at radius 3 is 2.37 bits per heavy atom.